The van der Waals surface area contributed by atoms with E-state index in [4.69, 9.17) is 0 Å². The summed E-state index contributed by atoms with van der Waals surface area (Å²) in [5, 5.41) is 2.59. The molecule has 3 aromatic heterocycles. The SMILES string of the molecule is c1cnc2c(c1)N1B(n3ccnc3-2)n2c3ccccc3c3cccc1c32. The van der Waals surface area contributed by atoms with Crippen LogP contribution in [0.4, 0.5) is 11.4 Å². The molecule has 26 heavy (non-hydrogen) atoms. The molecule has 7 rings (SSSR count). The molecule has 0 N–H and O–H groups in total. The predicted molar refractivity (Wildman–Crippen MR) is 104 cm³/mol. The van der Waals surface area contributed by atoms with Gasteiger partial charge in [-0.05, 0) is 24.3 Å². The Morgan fingerprint density at radius 3 is 2.65 bits per heavy atom. The molecule has 5 nitrogen and oxygen atoms in total. The molecule has 2 aliphatic heterocycles. The Kier molecular flexibility index (Phi) is 2.05. The van der Waals surface area contributed by atoms with Gasteiger partial charge in [0.05, 0.1) is 16.9 Å². The molecule has 0 atom stereocenters. The number of hydrogen-bond donors (Lipinski definition) is 0. The lowest BCUT2D eigenvalue weighted by atomic mass is 9.85. The van der Waals surface area contributed by atoms with Crippen LogP contribution in [0.25, 0.3) is 33.3 Å². The fourth-order valence-corrected chi connectivity index (χ4v) is 4.66. The van der Waals surface area contributed by atoms with Crippen LogP contribution in [0.1, 0.15) is 0 Å². The van der Waals surface area contributed by atoms with Crippen LogP contribution in [0, 0.1) is 0 Å². The van der Waals surface area contributed by atoms with Crippen LogP contribution >= 0.6 is 0 Å². The zero-order valence-corrected chi connectivity index (χ0v) is 13.7. The maximum Gasteiger partial charge on any atom is 0.520 e. The van der Waals surface area contributed by atoms with Gasteiger partial charge in [-0.2, -0.15) is 0 Å². The smallest absolute Gasteiger partial charge is 0.342 e. The summed E-state index contributed by atoms with van der Waals surface area (Å²) in [6.07, 6.45) is 5.75. The number of pyridine rings is 1. The van der Waals surface area contributed by atoms with Crippen molar-refractivity contribution in [3.63, 3.8) is 0 Å². The van der Waals surface area contributed by atoms with Crippen LogP contribution in [-0.4, -0.2) is 26.0 Å². The first kappa shape index (κ1) is 12.8. The molecular weight excluding hydrogens is 321 g/mol. The lowest BCUT2D eigenvalue weighted by Crippen LogP contribution is -2.47. The molecule has 0 spiro atoms. The van der Waals surface area contributed by atoms with Gasteiger partial charge in [0, 0.05) is 34.9 Å². The Balaban J connectivity index is 1.71. The number of fused-ring (bicyclic) bond motifs is 11. The molecule has 0 amide bonds. The third-order valence-corrected chi connectivity index (χ3v) is 5.61. The third kappa shape index (κ3) is 1.26. The standard InChI is InChI=1S/C20H12BN5/c1-2-7-15-13(5-1)14-6-3-8-17-19(14)26(15)21-24-12-11-23-20(24)18-16(25(17)21)9-4-10-22-18/h1-12H. The summed E-state index contributed by atoms with van der Waals surface area (Å²) < 4.78 is 4.66. The van der Waals surface area contributed by atoms with Crippen molar-refractivity contribution in [1.82, 2.24) is 18.9 Å². The van der Waals surface area contributed by atoms with Crippen LogP contribution in [0.2, 0.25) is 0 Å². The van der Waals surface area contributed by atoms with Gasteiger partial charge in [0.1, 0.15) is 5.69 Å². The van der Waals surface area contributed by atoms with Gasteiger partial charge in [-0.3, -0.25) is 4.98 Å². The molecule has 2 aromatic carbocycles. The lowest BCUT2D eigenvalue weighted by molar-refractivity contribution is 1.04. The Hall–Kier alpha value is -3.54. The summed E-state index contributed by atoms with van der Waals surface area (Å²) in [6, 6.07) is 19.4. The lowest BCUT2D eigenvalue weighted by Gasteiger charge is -2.32. The Morgan fingerprint density at radius 1 is 0.769 bits per heavy atom. The summed E-state index contributed by atoms with van der Waals surface area (Å²) >= 11 is 0. The van der Waals surface area contributed by atoms with Gasteiger partial charge in [-0.25, -0.2) is 4.98 Å². The molecule has 0 saturated carbocycles. The second kappa shape index (κ2) is 4.16. The van der Waals surface area contributed by atoms with Gasteiger partial charge in [0.15, 0.2) is 5.82 Å². The molecule has 0 radical (unpaired) electrons. The maximum absolute atomic E-state index is 4.63. The van der Waals surface area contributed by atoms with E-state index in [1.54, 1.807) is 0 Å². The van der Waals surface area contributed by atoms with Gasteiger partial charge < -0.3 is 13.8 Å². The van der Waals surface area contributed by atoms with Crippen LogP contribution in [0.5, 0.6) is 0 Å². The fraction of sp³-hybridized carbons (Fsp3) is 0. The van der Waals surface area contributed by atoms with Crippen molar-refractivity contribution in [2.45, 2.75) is 0 Å². The van der Waals surface area contributed by atoms with E-state index in [0.717, 1.165) is 17.2 Å². The fourth-order valence-electron chi connectivity index (χ4n) is 4.66. The van der Waals surface area contributed by atoms with E-state index in [2.05, 4.69) is 78.5 Å². The molecule has 0 aliphatic carbocycles. The monoisotopic (exact) mass is 333 g/mol. The Morgan fingerprint density at radius 2 is 1.65 bits per heavy atom. The second-order valence-corrected chi connectivity index (χ2v) is 6.81. The van der Waals surface area contributed by atoms with Gasteiger partial charge in [0.2, 0.25) is 0 Å². The first-order valence-electron chi connectivity index (χ1n) is 8.72. The summed E-state index contributed by atoms with van der Waals surface area (Å²) in [6.45, 7) is 0. The third-order valence-electron chi connectivity index (χ3n) is 5.61. The average molecular weight is 333 g/mol. The van der Waals surface area contributed by atoms with E-state index < -0.39 is 0 Å². The summed E-state index contributed by atoms with van der Waals surface area (Å²) in [4.78, 5) is 11.6. The molecule has 6 heteroatoms. The van der Waals surface area contributed by atoms with Crippen molar-refractivity contribution in [1.29, 1.82) is 0 Å². The number of nitrogens with zero attached hydrogens (tertiary/aromatic N) is 5. The number of aromatic nitrogens is 4. The normalized spacial score (nSPS) is 14.0. The van der Waals surface area contributed by atoms with E-state index in [-0.39, 0.29) is 7.12 Å². The Bertz CT molecular complexity index is 1370. The highest BCUT2D eigenvalue weighted by Gasteiger charge is 2.46. The molecular formula is C20H12BN5. The minimum absolute atomic E-state index is 0.00370. The van der Waals surface area contributed by atoms with Crippen molar-refractivity contribution in [3.8, 4) is 11.5 Å². The van der Waals surface area contributed by atoms with Crippen molar-refractivity contribution in [2.24, 2.45) is 0 Å². The highest BCUT2D eigenvalue weighted by atomic mass is 15.3. The van der Waals surface area contributed by atoms with E-state index in [1.807, 2.05) is 18.5 Å². The van der Waals surface area contributed by atoms with E-state index in [1.165, 1.54) is 27.5 Å². The highest BCUT2D eigenvalue weighted by Crippen LogP contribution is 2.48. The van der Waals surface area contributed by atoms with Crippen molar-refractivity contribution in [2.75, 3.05) is 4.81 Å². The zero-order valence-electron chi connectivity index (χ0n) is 13.7. The molecule has 120 valence electrons. The van der Waals surface area contributed by atoms with Gasteiger partial charge >= 0.3 is 7.12 Å². The average Bonchev–Trinajstić information content (AvgIpc) is 3.39. The number of imidazole rings is 1. The van der Waals surface area contributed by atoms with Gasteiger partial charge in [-0.1, -0.05) is 30.3 Å². The predicted octanol–water partition coefficient (Wildman–Crippen LogP) is 3.90. The molecule has 0 fully saturated rings. The number of anilines is 2. The molecule has 2 aliphatic rings. The number of benzene rings is 2. The minimum atomic E-state index is 0.00370. The summed E-state index contributed by atoms with van der Waals surface area (Å²) in [5.74, 6) is 0.917. The van der Waals surface area contributed by atoms with Crippen molar-refractivity contribution < 1.29 is 0 Å². The van der Waals surface area contributed by atoms with Crippen LogP contribution in [0.3, 0.4) is 0 Å². The first-order valence-corrected chi connectivity index (χ1v) is 8.72. The zero-order chi connectivity index (χ0) is 16.8. The minimum Gasteiger partial charge on any atom is -0.342 e. The summed E-state index contributed by atoms with van der Waals surface area (Å²) in [5.41, 5.74) is 5.78. The topological polar surface area (TPSA) is 38.9 Å². The summed E-state index contributed by atoms with van der Waals surface area (Å²) in [7, 11) is 0.00370. The van der Waals surface area contributed by atoms with E-state index in [9.17, 15) is 0 Å². The second-order valence-electron chi connectivity index (χ2n) is 6.81. The number of rotatable bonds is 0. The van der Waals surface area contributed by atoms with Crippen molar-refractivity contribution in [3.05, 3.63) is 73.2 Å². The van der Waals surface area contributed by atoms with Crippen LogP contribution in [0.15, 0.2) is 73.2 Å². The first-order chi connectivity index (χ1) is 12.9. The number of hydrogen-bond acceptors (Lipinski definition) is 3. The molecule has 5 heterocycles. The maximum atomic E-state index is 4.63. The molecule has 0 unspecified atom stereocenters. The highest BCUT2D eigenvalue weighted by molar-refractivity contribution is 6.68. The Labute approximate surface area is 149 Å². The van der Waals surface area contributed by atoms with Gasteiger partial charge in [-0.15, -0.1) is 0 Å². The van der Waals surface area contributed by atoms with Crippen LogP contribution in [-0.2, 0) is 0 Å². The van der Waals surface area contributed by atoms with Gasteiger partial charge in [0.25, 0.3) is 0 Å². The molecule has 5 aromatic rings. The largest absolute Gasteiger partial charge is 0.520 e. The van der Waals surface area contributed by atoms with Crippen LogP contribution < -0.4 is 4.81 Å². The van der Waals surface area contributed by atoms with E-state index in [0.29, 0.717) is 0 Å². The van der Waals surface area contributed by atoms with Crippen molar-refractivity contribution >= 4 is 40.3 Å². The molecule has 0 saturated heterocycles. The molecule has 0 bridgehead atoms. The van der Waals surface area contributed by atoms with E-state index >= 15 is 0 Å². The number of para-hydroxylation sites is 2. The quantitative estimate of drug-likeness (QED) is 0.404.